The quantitative estimate of drug-likeness (QED) is 0.493. The van der Waals surface area contributed by atoms with Gasteiger partial charge in [0.25, 0.3) is 0 Å². The molecule has 0 bridgehead atoms. The molecule has 0 radical (unpaired) electrons. The maximum Gasteiger partial charge on any atom is 0.144 e. The zero-order valence-electron chi connectivity index (χ0n) is 15.1. The summed E-state index contributed by atoms with van der Waals surface area (Å²) >= 11 is 0. The molecule has 0 spiro atoms. The van der Waals surface area contributed by atoms with Gasteiger partial charge >= 0.3 is 0 Å². The molecular weight excluding hydrogens is 369 g/mol. The second-order valence-electron chi connectivity index (χ2n) is 6.01. The molecule has 0 amide bonds. The molecule has 1 nitrogen and oxygen atoms in total. The molecule has 0 saturated heterocycles. The molecule has 4 aromatic rings. The predicted octanol–water partition coefficient (Wildman–Crippen LogP) is 4.89. The van der Waals surface area contributed by atoms with Crippen molar-refractivity contribution in [2.75, 3.05) is 0 Å². The Morgan fingerprint density at radius 3 is 0.704 bits per heavy atom. The highest BCUT2D eigenvalue weighted by atomic mass is 35.5. The lowest BCUT2D eigenvalue weighted by Crippen LogP contribution is -2.38. The molecule has 0 aliphatic rings. The second-order valence-corrected chi connectivity index (χ2v) is 9.42. The number of rotatable bonds is 4. The Kier molecular flexibility index (Phi) is 7.33. The van der Waals surface area contributed by atoms with Crippen LogP contribution in [-0.4, -0.2) is 0 Å². The van der Waals surface area contributed by atoms with Crippen molar-refractivity contribution in [3.8, 4) is 0 Å². The number of hydrogen-bond acceptors (Lipinski definition) is 1. The van der Waals surface area contributed by atoms with Gasteiger partial charge in [0.2, 0.25) is 0 Å². The van der Waals surface area contributed by atoms with E-state index in [0.717, 1.165) is 0 Å². The van der Waals surface area contributed by atoms with Crippen LogP contribution in [0.25, 0.3) is 0 Å². The Labute approximate surface area is 168 Å². The highest BCUT2D eigenvalue weighted by molar-refractivity contribution is 8.01. The van der Waals surface area contributed by atoms with Crippen molar-refractivity contribution in [2.24, 2.45) is 0 Å². The van der Waals surface area contributed by atoms with E-state index < -0.39 is 7.26 Å². The van der Waals surface area contributed by atoms with E-state index in [2.05, 4.69) is 121 Å². The van der Waals surface area contributed by atoms with Crippen LogP contribution in [0.1, 0.15) is 0 Å². The molecule has 3 N–H and O–H groups in total. The molecule has 3 heteroatoms. The number of hydrogen-bond donors (Lipinski definition) is 1. The van der Waals surface area contributed by atoms with Crippen LogP contribution < -0.4 is 27.4 Å². The van der Waals surface area contributed by atoms with Gasteiger partial charge in [-0.05, 0) is 48.5 Å². The molecule has 4 aromatic carbocycles. The molecule has 0 aliphatic heterocycles. The summed E-state index contributed by atoms with van der Waals surface area (Å²) in [6.07, 6.45) is 0. The third kappa shape index (κ3) is 3.82. The minimum Gasteiger partial charge on any atom is -0.344 e. The van der Waals surface area contributed by atoms with Gasteiger partial charge in [0.1, 0.15) is 28.5 Å². The summed E-state index contributed by atoms with van der Waals surface area (Å²) in [6.45, 7) is 0. The van der Waals surface area contributed by atoms with Crippen molar-refractivity contribution < 1.29 is 0 Å². The van der Waals surface area contributed by atoms with Crippen LogP contribution in [0.4, 0.5) is 0 Å². The van der Waals surface area contributed by atoms with Gasteiger partial charge in [0.05, 0.1) is 0 Å². The van der Waals surface area contributed by atoms with Gasteiger partial charge in [-0.1, -0.05) is 72.8 Å². The Hall–Kier alpha value is -2.44. The highest BCUT2D eigenvalue weighted by Gasteiger charge is 2.47. The van der Waals surface area contributed by atoms with E-state index in [1.807, 2.05) is 0 Å². The van der Waals surface area contributed by atoms with E-state index >= 15 is 0 Å². The molecule has 27 heavy (non-hydrogen) atoms. The van der Waals surface area contributed by atoms with Gasteiger partial charge in [0, 0.05) is 0 Å². The molecule has 0 fully saturated rings. The standard InChI is InChI=1S/C24H20P.ClH.H3N/c1-5-13-21(14-6-1)25(22-15-7-2-8-16-22,23-17-9-3-10-18-23)24-19-11-4-12-20-24;;/h1-20H;1H;1H3/q+1;;. The van der Waals surface area contributed by atoms with Gasteiger partial charge in [-0.2, -0.15) is 0 Å². The minimum atomic E-state index is -1.91. The molecule has 0 saturated carbocycles. The SMILES string of the molecule is Cl.N.c1ccc([P+](c2ccccc2)(c2ccccc2)c2ccccc2)cc1. The van der Waals surface area contributed by atoms with Gasteiger partial charge < -0.3 is 6.15 Å². The van der Waals surface area contributed by atoms with E-state index in [1.54, 1.807) is 0 Å². The first kappa shape index (κ1) is 20.9. The average molecular weight is 393 g/mol. The summed E-state index contributed by atoms with van der Waals surface area (Å²) in [7, 11) is -1.91. The fourth-order valence-electron chi connectivity index (χ4n) is 3.50. The topological polar surface area (TPSA) is 35.0 Å². The first-order valence-electron chi connectivity index (χ1n) is 8.54. The van der Waals surface area contributed by atoms with Crippen LogP contribution in [0, 0.1) is 0 Å². The van der Waals surface area contributed by atoms with E-state index in [0.29, 0.717) is 0 Å². The van der Waals surface area contributed by atoms with Crippen molar-refractivity contribution in [1.29, 1.82) is 0 Å². The number of halogens is 1. The van der Waals surface area contributed by atoms with Crippen molar-refractivity contribution in [3.63, 3.8) is 0 Å². The Morgan fingerprint density at radius 1 is 0.333 bits per heavy atom. The zero-order valence-corrected chi connectivity index (χ0v) is 16.8. The fraction of sp³-hybridized carbons (Fsp3) is 0. The molecule has 4 rings (SSSR count). The molecule has 0 heterocycles. The third-order valence-corrected chi connectivity index (χ3v) is 8.86. The smallest absolute Gasteiger partial charge is 0.144 e. The van der Waals surface area contributed by atoms with Crippen molar-refractivity contribution in [3.05, 3.63) is 121 Å². The van der Waals surface area contributed by atoms with E-state index in [9.17, 15) is 0 Å². The lowest BCUT2D eigenvalue weighted by atomic mass is 10.3. The normalized spacial score (nSPS) is 10.4. The maximum absolute atomic E-state index is 2.28. The molecule has 0 aliphatic carbocycles. The summed E-state index contributed by atoms with van der Waals surface area (Å²) in [5.74, 6) is 0. The van der Waals surface area contributed by atoms with Crippen LogP contribution in [0.3, 0.4) is 0 Å². The summed E-state index contributed by atoms with van der Waals surface area (Å²) in [4.78, 5) is 0. The largest absolute Gasteiger partial charge is 0.344 e. The summed E-state index contributed by atoms with van der Waals surface area (Å²) in [5, 5.41) is 5.55. The first-order valence-corrected chi connectivity index (χ1v) is 10.3. The van der Waals surface area contributed by atoms with Gasteiger partial charge in [-0.3, -0.25) is 0 Å². The fourth-order valence-corrected chi connectivity index (χ4v) is 7.77. The predicted molar refractivity (Wildman–Crippen MR) is 123 cm³/mol. The second kappa shape index (κ2) is 9.48. The summed E-state index contributed by atoms with van der Waals surface area (Å²) < 4.78 is 0. The number of benzene rings is 4. The van der Waals surface area contributed by atoms with E-state index in [4.69, 9.17) is 0 Å². The third-order valence-electron chi connectivity index (χ3n) is 4.57. The Morgan fingerprint density at radius 2 is 0.519 bits per heavy atom. The van der Waals surface area contributed by atoms with Crippen molar-refractivity contribution >= 4 is 40.9 Å². The highest BCUT2D eigenvalue weighted by Crippen LogP contribution is 2.53. The molecule has 0 unspecified atom stereocenters. The molecular formula is C24H24ClNP+. The Bertz CT molecular complexity index is 765. The van der Waals surface area contributed by atoms with Crippen LogP contribution in [-0.2, 0) is 0 Å². The lowest BCUT2D eigenvalue weighted by Gasteiger charge is -2.27. The van der Waals surface area contributed by atoms with Crippen LogP contribution in [0.15, 0.2) is 121 Å². The monoisotopic (exact) mass is 392 g/mol. The lowest BCUT2D eigenvalue weighted by molar-refractivity contribution is 1.71. The zero-order chi connectivity index (χ0) is 17.0. The van der Waals surface area contributed by atoms with Crippen molar-refractivity contribution in [2.45, 2.75) is 0 Å². The summed E-state index contributed by atoms with van der Waals surface area (Å²) in [5.41, 5.74) is 0. The van der Waals surface area contributed by atoms with E-state index in [-0.39, 0.29) is 18.6 Å². The summed E-state index contributed by atoms with van der Waals surface area (Å²) in [6, 6.07) is 43.8. The van der Waals surface area contributed by atoms with Gasteiger partial charge in [-0.25, -0.2) is 0 Å². The van der Waals surface area contributed by atoms with Gasteiger partial charge in [-0.15, -0.1) is 12.4 Å². The minimum absolute atomic E-state index is 0. The molecule has 136 valence electrons. The van der Waals surface area contributed by atoms with Crippen LogP contribution >= 0.6 is 19.7 Å². The maximum atomic E-state index is 2.28. The Balaban J connectivity index is 0.00000131. The van der Waals surface area contributed by atoms with Crippen molar-refractivity contribution in [1.82, 2.24) is 6.15 Å². The van der Waals surface area contributed by atoms with E-state index in [1.165, 1.54) is 21.2 Å². The first-order chi connectivity index (χ1) is 12.4. The van der Waals surface area contributed by atoms with Crippen LogP contribution in [0.2, 0.25) is 0 Å². The van der Waals surface area contributed by atoms with Crippen LogP contribution in [0.5, 0.6) is 0 Å². The molecule has 0 atom stereocenters. The average Bonchev–Trinajstić information content (AvgIpc) is 2.72. The molecule has 0 aromatic heterocycles. The van der Waals surface area contributed by atoms with Gasteiger partial charge in [0.15, 0.2) is 0 Å².